The molecule has 4 aliphatic carbocycles. The van der Waals surface area contributed by atoms with Crippen LogP contribution in [0, 0.1) is 28.6 Å². The van der Waals surface area contributed by atoms with Crippen molar-refractivity contribution in [3.63, 3.8) is 0 Å². The number of rotatable bonds is 3. The minimum absolute atomic E-state index is 0.0367. The number of alkyl halides is 7. The number of aliphatic hydroxyl groups excluding tert-OH is 1. The molecular weight excluding hydrogens is 501 g/mol. The van der Waals surface area contributed by atoms with Gasteiger partial charge in [-0.1, -0.05) is 48.8 Å². The lowest BCUT2D eigenvalue weighted by atomic mass is 9.61. The van der Waals surface area contributed by atoms with E-state index < -0.39 is 35.6 Å². The van der Waals surface area contributed by atoms with E-state index in [4.69, 9.17) is 0 Å². The molecule has 3 fully saturated rings. The Labute approximate surface area is 212 Å². The quantitative estimate of drug-likeness (QED) is 0.232. The second-order valence-electron chi connectivity index (χ2n) is 11.2. The lowest BCUT2D eigenvalue weighted by Gasteiger charge is -2.43. The van der Waals surface area contributed by atoms with Crippen LogP contribution in [0.1, 0.15) is 64.7 Å². The van der Waals surface area contributed by atoms with Gasteiger partial charge in [-0.3, -0.25) is 0 Å². The topological polar surface area (TPSA) is 40.5 Å². The van der Waals surface area contributed by atoms with Crippen molar-refractivity contribution < 1.29 is 40.9 Å². The third-order valence-electron chi connectivity index (χ3n) is 8.72. The van der Waals surface area contributed by atoms with Crippen LogP contribution in [-0.4, -0.2) is 40.4 Å². The zero-order valence-electron chi connectivity index (χ0n) is 20.6. The summed E-state index contributed by atoms with van der Waals surface area (Å²) in [6.45, 7) is 5.91. The van der Waals surface area contributed by atoms with Crippen molar-refractivity contribution in [1.29, 1.82) is 0 Å². The Bertz CT molecular complexity index is 1080. The number of hydrogen-bond donors (Lipinski definition) is 2. The zero-order valence-corrected chi connectivity index (χ0v) is 20.6. The highest BCUT2D eigenvalue weighted by Gasteiger charge is 2.70. The van der Waals surface area contributed by atoms with Crippen molar-refractivity contribution in [1.82, 2.24) is 0 Å². The van der Waals surface area contributed by atoms with Gasteiger partial charge in [0.1, 0.15) is 6.17 Å². The zero-order chi connectivity index (χ0) is 27.4. The standard InChI is InChI=1S/C28H31F7O2/c1-17-19(15-20(36)16-22(17)29)7-6-18-5-3-10-24(2)21(18)8-9-23(24)25(13-14-25)11-4-12-26(37,27(30,31)32)28(33,34)35/h6-7,9,20-22,36-37H,1,3,5,8,10-11,13-16H2,2H3/b18-6+,19-7-/t20-,21+,22+,24+/m1/s1. The molecule has 0 aliphatic heterocycles. The molecule has 3 saturated carbocycles. The first kappa shape index (κ1) is 28.0. The van der Waals surface area contributed by atoms with Gasteiger partial charge in [0.25, 0.3) is 0 Å². The van der Waals surface area contributed by atoms with E-state index in [1.54, 1.807) is 0 Å². The number of fused-ring (bicyclic) bond motifs is 1. The lowest BCUT2D eigenvalue weighted by Crippen LogP contribution is -2.55. The number of halogens is 7. The summed E-state index contributed by atoms with van der Waals surface area (Å²) in [6, 6.07) is 0. The Morgan fingerprint density at radius 1 is 1.11 bits per heavy atom. The van der Waals surface area contributed by atoms with Crippen LogP contribution in [0.2, 0.25) is 0 Å². The molecule has 0 aromatic heterocycles. The van der Waals surface area contributed by atoms with E-state index >= 15 is 0 Å². The molecule has 0 bridgehead atoms. The van der Waals surface area contributed by atoms with Crippen molar-refractivity contribution in [2.75, 3.05) is 0 Å². The SMILES string of the molecule is C=C1/C(=C\C=C2/CCC[C@]3(C)C(C4(CC#CC(O)(C(F)(F)F)C(F)(F)F)CC4)=CC[C@@H]23)C[C@@H](O)C[C@@H]1F. The highest BCUT2D eigenvalue weighted by Crippen LogP contribution is 2.67. The molecule has 0 unspecified atom stereocenters. The second-order valence-corrected chi connectivity index (χ2v) is 11.2. The Hall–Kier alpha value is -2.05. The molecule has 204 valence electrons. The fourth-order valence-electron chi connectivity index (χ4n) is 6.41. The summed E-state index contributed by atoms with van der Waals surface area (Å²) in [5.74, 6) is 3.27. The molecule has 2 nitrogen and oxygen atoms in total. The maximum atomic E-state index is 14.1. The van der Waals surface area contributed by atoms with Crippen LogP contribution < -0.4 is 0 Å². The largest absolute Gasteiger partial charge is 0.438 e. The summed E-state index contributed by atoms with van der Waals surface area (Å²) in [7, 11) is 0. The van der Waals surface area contributed by atoms with Gasteiger partial charge in [-0.2, -0.15) is 26.3 Å². The number of aliphatic hydroxyl groups is 2. The van der Waals surface area contributed by atoms with Gasteiger partial charge in [0.05, 0.1) is 6.10 Å². The third kappa shape index (κ3) is 4.92. The van der Waals surface area contributed by atoms with Crippen molar-refractivity contribution in [2.45, 2.75) is 94.9 Å². The predicted octanol–water partition coefficient (Wildman–Crippen LogP) is 7.05. The number of hydrogen-bond acceptors (Lipinski definition) is 2. The van der Waals surface area contributed by atoms with E-state index in [1.807, 2.05) is 12.2 Å². The molecule has 0 aromatic carbocycles. The molecule has 0 radical (unpaired) electrons. The molecule has 0 amide bonds. The van der Waals surface area contributed by atoms with Crippen LogP contribution >= 0.6 is 0 Å². The Balaban J connectivity index is 1.55. The van der Waals surface area contributed by atoms with Crippen LogP contribution in [0.25, 0.3) is 0 Å². The normalized spacial score (nSPS) is 34.2. The molecule has 0 heterocycles. The summed E-state index contributed by atoms with van der Waals surface area (Å²) >= 11 is 0. The minimum atomic E-state index is -5.96. The van der Waals surface area contributed by atoms with Crippen LogP contribution in [-0.2, 0) is 0 Å². The molecular formula is C28H31F7O2. The fraction of sp³-hybridized carbons (Fsp3) is 0.643. The smallest absolute Gasteiger partial charge is 0.393 e. The fourth-order valence-corrected chi connectivity index (χ4v) is 6.41. The van der Waals surface area contributed by atoms with E-state index in [0.29, 0.717) is 36.8 Å². The predicted molar refractivity (Wildman–Crippen MR) is 125 cm³/mol. The van der Waals surface area contributed by atoms with Crippen molar-refractivity contribution in [3.05, 3.63) is 47.1 Å². The van der Waals surface area contributed by atoms with E-state index in [9.17, 15) is 40.9 Å². The summed E-state index contributed by atoms with van der Waals surface area (Å²) in [6.07, 6.45) is -3.48. The van der Waals surface area contributed by atoms with Crippen LogP contribution in [0.15, 0.2) is 47.1 Å². The average molecular weight is 533 g/mol. The molecule has 0 saturated heterocycles. The van der Waals surface area contributed by atoms with Gasteiger partial charge < -0.3 is 10.2 Å². The Morgan fingerprint density at radius 3 is 2.35 bits per heavy atom. The first-order valence-corrected chi connectivity index (χ1v) is 12.5. The van der Waals surface area contributed by atoms with Crippen LogP contribution in [0.4, 0.5) is 30.7 Å². The number of allylic oxidation sites excluding steroid dienone is 6. The highest BCUT2D eigenvalue weighted by atomic mass is 19.4. The maximum Gasteiger partial charge on any atom is 0.438 e. The van der Waals surface area contributed by atoms with Gasteiger partial charge in [-0.25, -0.2) is 4.39 Å². The summed E-state index contributed by atoms with van der Waals surface area (Å²) in [5.41, 5.74) is -2.72. The van der Waals surface area contributed by atoms with Gasteiger partial charge in [0, 0.05) is 18.3 Å². The molecule has 4 aliphatic rings. The van der Waals surface area contributed by atoms with Gasteiger partial charge in [-0.15, -0.1) is 0 Å². The van der Waals surface area contributed by atoms with E-state index in [-0.39, 0.29) is 24.2 Å². The van der Waals surface area contributed by atoms with Gasteiger partial charge >= 0.3 is 18.0 Å². The third-order valence-corrected chi connectivity index (χ3v) is 8.72. The molecule has 2 N–H and O–H groups in total. The van der Waals surface area contributed by atoms with E-state index in [2.05, 4.69) is 25.5 Å². The van der Waals surface area contributed by atoms with E-state index in [1.165, 1.54) is 0 Å². The molecule has 37 heavy (non-hydrogen) atoms. The maximum absolute atomic E-state index is 14.1. The van der Waals surface area contributed by atoms with Gasteiger partial charge in [-0.05, 0) is 73.3 Å². The average Bonchev–Trinajstić information content (AvgIpc) is 3.46. The van der Waals surface area contributed by atoms with Gasteiger partial charge in [0.15, 0.2) is 0 Å². The van der Waals surface area contributed by atoms with E-state index in [0.717, 1.165) is 36.3 Å². The molecule has 0 aromatic rings. The molecule has 0 spiro atoms. The Morgan fingerprint density at radius 2 is 1.76 bits per heavy atom. The summed E-state index contributed by atoms with van der Waals surface area (Å²) in [4.78, 5) is 0. The lowest BCUT2D eigenvalue weighted by molar-refractivity contribution is -0.343. The highest BCUT2D eigenvalue weighted by molar-refractivity contribution is 5.43. The summed E-state index contributed by atoms with van der Waals surface area (Å²) < 4.78 is 92.1. The second kappa shape index (κ2) is 9.30. The van der Waals surface area contributed by atoms with Crippen molar-refractivity contribution >= 4 is 0 Å². The molecule has 4 rings (SSSR count). The molecule has 4 atom stereocenters. The first-order valence-electron chi connectivity index (χ1n) is 12.5. The minimum Gasteiger partial charge on any atom is -0.393 e. The Kier molecular flexibility index (Phi) is 7.03. The molecule has 9 heteroatoms. The van der Waals surface area contributed by atoms with Crippen LogP contribution in [0.5, 0.6) is 0 Å². The first-order chi connectivity index (χ1) is 17.0. The van der Waals surface area contributed by atoms with Gasteiger partial charge in [0.2, 0.25) is 0 Å². The summed E-state index contributed by atoms with van der Waals surface area (Å²) in [5, 5.41) is 19.3. The monoisotopic (exact) mass is 532 g/mol. The van der Waals surface area contributed by atoms with Crippen molar-refractivity contribution in [2.24, 2.45) is 16.7 Å². The van der Waals surface area contributed by atoms with Crippen LogP contribution in [0.3, 0.4) is 0 Å². The van der Waals surface area contributed by atoms with Crippen molar-refractivity contribution in [3.8, 4) is 11.8 Å².